The monoisotopic (exact) mass is 372 g/mol. The van der Waals surface area contributed by atoms with Gasteiger partial charge in [-0.15, -0.1) is 11.8 Å². The highest BCUT2D eigenvalue weighted by Crippen LogP contribution is 2.27. The second-order valence-corrected chi connectivity index (χ2v) is 7.80. The van der Waals surface area contributed by atoms with Crippen molar-refractivity contribution in [2.24, 2.45) is 0 Å². The maximum Gasteiger partial charge on any atom is 0.256 e. The average molecular weight is 373 g/mol. The number of nitrogens with zero attached hydrogens (tertiary/aromatic N) is 2. The molecule has 1 aromatic heterocycles. The van der Waals surface area contributed by atoms with E-state index in [4.69, 9.17) is 0 Å². The van der Waals surface area contributed by atoms with E-state index in [0.717, 1.165) is 23.4 Å². The molecule has 1 aliphatic carbocycles. The van der Waals surface area contributed by atoms with Gasteiger partial charge in [0.1, 0.15) is 10.8 Å². The quantitative estimate of drug-likeness (QED) is 0.527. The van der Waals surface area contributed by atoms with Crippen LogP contribution in [0.15, 0.2) is 47.6 Å². The van der Waals surface area contributed by atoms with Crippen LogP contribution >= 0.6 is 11.8 Å². The van der Waals surface area contributed by atoms with Crippen LogP contribution in [0.25, 0.3) is 0 Å². The third-order valence-corrected chi connectivity index (χ3v) is 6.06. The average Bonchev–Trinajstić information content (AvgIpc) is 2.96. The molecule has 1 aliphatic rings. The van der Waals surface area contributed by atoms with Crippen molar-refractivity contribution in [3.63, 3.8) is 0 Å². The van der Waals surface area contributed by atoms with Crippen molar-refractivity contribution in [1.29, 1.82) is 0 Å². The summed E-state index contributed by atoms with van der Waals surface area (Å²) in [6.45, 7) is 0. The molecule has 0 saturated heterocycles. The number of aromatic nitrogens is 1. The predicted octanol–water partition coefficient (Wildman–Crippen LogP) is 5.31. The largest absolute Gasteiger partial charge is 0.339 e. The van der Waals surface area contributed by atoms with E-state index in [1.807, 2.05) is 24.1 Å². The molecule has 0 spiro atoms. The highest BCUT2D eigenvalue weighted by molar-refractivity contribution is 7.98. The van der Waals surface area contributed by atoms with Crippen molar-refractivity contribution < 1.29 is 9.18 Å². The lowest BCUT2D eigenvalue weighted by atomic mass is 10.1. The molecule has 1 fully saturated rings. The maximum atomic E-state index is 13.1. The molecule has 26 heavy (non-hydrogen) atoms. The van der Waals surface area contributed by atoms with Crippen LogP contribution in [0.1, 0.15) is 54.4 Å². The van der Waals surface area contributed by atoms with Crippen LogP contribution in [-0.4, -0.2) is 28.9 Å². The predicted molar refractivity (Wildman–Crippen MR) is 104 cm³/mol. The summed E-state index contributed by atoms with van der Waals surface area (Å²) >= 11 is 1.52. The van der Waals surface area contributed by atoms with Crippen LogP contribution in [0, 0.1) is 5.82 Å². The van der Waals surface area contributed by atoms with E-state index in [-0.39, 0.29) is 11.7 Å². The third-order valence-electron chi connectivity index (χ3n) is 4.98. The molecule has 0 unspecified atom stereocenters. The fourth-order valence-corrected chi connectivity index (χ4v) is 4.34. The van der Waals surface area contributed by atoms with Gasteiger partial charge in [0.2, 0.25) is 0 Å². The van der Waals surface area contributed by atoms with Crippen molar-refractivity contribution in [3.8, 4) is 0 Å². The molecule has 0 bridgehead atoms. The van der Waals surface area contributed by atoms with Gasteiger partial charge >= 0.3 is 0 Å². The van der Waals surface area contributed by atoms with Gasteiger partial charge < -0.3 is 4.90 Å². The minimum absolute atomic E-state index is 0.0478. The Morgan fingerprint density at radius 1 is 1.15 bits per heavy atom. The minimum Gasteiger partial charge on any atom is -0.339 e. The molecular formula is C21H25FN2OS. The number of pyridine rings is 1. The zero-order chi connectivity index (χ0) is 18.4. The number of rotatable bonds is 5. The highest BCUT2D eigenvalue weighted by atomic mass is 32.2. The number of hydrogen-bond donors (Lipinski definition) is 0. The zero-order valence-corrected chi connectivity index (χ0v) is 16.0. The number of hydrogen-bond acceptors (Lipinski definition) is 3. The number of thioether (sulfide) groups is 1. The van der Waals surface area contributed by atoms with Crippen molar-refractivity contribution >= 4 is 17.7 Å². The molecule has 0 atom stereocenters. The number of carbonyl (C=O) groups excluding carboxylic acids is 1. The molecule has 0 N–H and O–H groups in total. The molecule has 0 radical (unpaired) electrons. The third kappa shape index (κ3) is 4.85. The summed E-state index contributed by atoms with van der Waals surface area (Å²) in [6, 6.07) is 10.4. The summed E-state index contributed by atoms with van der Waals surface area (Å²) < 4.78 is 13.0. The van der Waals surface area contributed by atoms with E-state index < -0.39 is 0 Å². The van der Waals surface area contributed by atoms with E-state index in [1.54, 1.807) is 18.3 Å². The van der Waals surface area contributed by atoms with E-state index in [0.29, 0.717) is 17.4 Å². The van der Waals surface area contributed by atoms with E-state index >= 15 is 0 Å². The van der Waals surface area contributed by atoms with Gasteiger partial charge in [0.05, 0.1) is 5.56 Å². The van der Waals surface area contributed by atoms with E-state index in [9.17, 15) is 9.18 Å². The summed E-state index contributed by atoms with van der Waals surface area (Å²) in [6.07, 6.45) is 8.81. The summed E-state index contributed by atoms with van der Waals surface area (Å²) in [5.74, 6) is 0.467. The molecule has 138 valence electrons. The normalized spacial score (nSPS) is 15.5. The van der Waals surface area contributed by atoms with Gasteiger partial charge in [-0.25, -0.2) is 9.37 Å². The van der Waals surface area contributed by atoms with Crippen LogP contribution in [0.2, 0.25) is 0 Å². The van der Waals surface area contributed by atoms with Gasteiger partial charge in [-0.2, -0.15) is 0 Å². The minimum atomic E-state index is -0.238. The lowest BCUT2D eigenvalue weighted by Crippen LogP contribution is -2.37. The van der Waals surface area contributed by atoms with Crippen LogP contribution in [-0.2, 0) is 5.75 Å². The van der Waals surface area contributed by atoms with Gasteiger partial charge in [0.25, 0.3) is 5.91 Å². The Morgan fingerprint density at radius 3 is 2.54 bits per heavy atom. The molecule has 5 heteroatoms. The molecule has 1 amide bonds. The molecule has 1 saturated carbocycles. The Hall–Kier alpha value is -1.88. The summed E-state index contributed by atoms with van der Waals surface area (Å²) in [5, 5.41) is 0.738. The number of halogens is 1. The fourth-order valence-electron chi connectivity index (χ4n) is 3.40. The topological polar surface area (TPSA) is 33.2 Å². The second-order valence-electron chi connectivity index (χ2n) is 6.83. The molecule has 3 nitrogen and oxygen atoms in total. The van der Waals surface area contributed by atoms with Gasteiger partial charge in [0, 0.05) is 25.0 Å². The Morgan fingerprint density at radius 2 is 1.85 bits per heavy atom. The van der Waals surface area contributed by atoms with Crippen LogP contribution < -0.4 is 0 Å². The van der Waals surface area contributed by atoms with Crippen molar-refractivity contribution in [3.05, 3.63) is 59.5 Å². The Bertz CT molecular complexity index is 727. The first-order valence-corrected chi connectivity index (χ1v) is 10.2. The molecule has 3 rings (SSSR count). The van der Waals surface area contributed by atoms with Crippen molar-refractivity contribution in [2.75, 3.05) is 7.05 Å². The van der Waals surface area contributed by atoms with Gasteiger partial charge in [-0.1, -0.05) is 37.8 Å². The first kappa shape index (κ1) is 18.9. The number of amides is 1. The SMILES string of the molecule is CN(C(=O)c1cccnc1SCc1ccc(F)cc1)C1CCCCCC1. The van der Waals surface area contributed by atoms with Crippen molar-refractivity contribution in [2.45, 2.75) is 55.3 Å². The smallest absolute Gasteiger partial charge is 0.256 e. The van der Waals surface area contributed by atoms with Crippen LogP contribution in [0.3, 0.4) is 0 Å². The lowest BCUT2D eigenvalue weighted by Gasteiger charge is -2.27. The zero-order valence-electron chi connectivity index (χ0n) is 15.2. The first-order chi connectivity index (χ1) is 12.6. The summed E-state index contributed by atoms with van der Waals surface area (Å²) in [5.41, 5.74) is 1.67. The summed E-state index contributed by atoms with van der Waals surface area (Å²) in [7, 11) is 1.92. The molecular weight excluding hydrogens is 347 g/mol. The highest BCUT2D eigenvalue weighted by Gasteiger charge is 2.24. The Labute approximate surface area is 159 Å². The molecule has 0 aliphatic heterocycles. The van der Waals surface area contributed by atoms with Crippen LogP contribution in [0.5, 0.6) is 0 Å². The Kier molecular flexibility index (Phi) is 6.67. The van der Waals surface area contributed by atoms with Gasteiger partial charge in [-0.3, -0.25) is 4.79 Å². The lowest BCUT2D eigenvalue weighted by molar-refractivity contribution is 0.0713. The fraction of sp³-hybridized carbons (Fsp3) is 0.429. The number of benzene rings is 1. The second kappa shape index (κ2) is 9.17. The molecule has 1 aromatic carbocycles. The maximum absolute atomic E-state index is 13.1. The number of carbonyl (C=O) groups is 1. The standard InChI is InChI=1S/C21H25FN2OS/c1-24(18-7-4-2-3-5-8-18)21(25)19-9-6-14-23-20(19)26-15-16-10-12-17(22)13-11-16/h6,9-14,18H,2-5,7-8,15H2,1H3. The first-order valence-electron chi connectivity index (χ1n) is 9.24. The van der Waals surface area contributed by atoms with Gasteiger partial charge in [0.15, 0.2) is 0 Å². The van der Waals surface area contributed by atoms with E-state index in [2.05, 4.69) is 4.98 Å². The molecule has 1 heterocycles. The van der Waals surface area contributed by atoms with Crippen LogP contribution in [0.4, 0.5) is 4.39 Å². The molecule has 2 aromatic rings. The van der Waals surface area contributed by atoms with E-state index in [1.165, 1.54) is 49.6 Å². The van der Waals surface area contributed by atoms with Crippen molar-refractivity contribution in [1.82, 2.24) is 9.88 Å². The summed E-state index contributed by atoms with van der Waals surface area (Å²) in [4.78, 5) is 19.4. The van der Waals surface area contributed by atoms with Gasteiger partial charge in [-0.05, 0) is 42.7 Å². The Balaban J connectivity index is 1.70.